The van der Waals surface area contributed by atoms with E-state index in [-0.39, 0.29) is 10.9 Å². The number of benzene rings is 1. The van der Waals surface area contributed by atoms with Gasteiger partial charge in [-0.05, 0) is 51.5 Å². The van der Waals surface area contributed by atoms with Crippen LogP contribution in [-0.4, -0.2) is 19.4 Å². The Hall–Kier alpha value is -1.59. The summed E-state index contributed by atoms with van der Waals surface area (Å²) in [5.74, 6) is 0. The predicted octanol–water partition coefficient (Wildman–Crippen LogP) is 3.96. The average molecular weight is 339 g/mol. The van der Waals surface area contributed by atoms with Gasteiger partial charge in [-0.2, -0.15) is 0 Å². The lowest BCUT2D eigenvalue weighted by atomic mass is 10.2. The highest BCUT2D eigenvalue weighted by atomic mass is 35.5. The van der Waals surface area contributed by atoms with Crippen molar-refractivity contribution in [3.8, 4) is 0 Å². The van der Waals surface area contributed by atoms with Crippen LogP contribution in [0.5, 0.6) is 0 Å². The van der Waals surface area contributed by atoms with E-state index in [4.69, 9.17) is 11.6 Å². The molecular formula is C16H19ClN2O2S. The number of hydrogen-bond acceptors (Lipinski definition) is 3. The summed E-state index contributed by atoms with van der Waals surface area (Å²) in [5.41, 5.74) is 2.34. The fourth-order valence-electron chi connectivity index (χ4n) is 2.19. The van der Waals surface area contributed by atoms with Crippen LogP contribution in [0.15, 0.2) is 41.4 Å². The Balaban J connectivity index is 2.55. The minimum atomic E-state index is -3.69. The second-order valence-corrected chi connectivity index (χ2v) is 7.68. The zero-order valence-corrected chi connectivity index (χ0v) is 14.6. The normalized spacial score (nSPS) is 11.7. The van der Waals surface area contributed by atoms with E-state index in [1.807, 2.05) is 45.0 Å². The van der Waals surface area contributed by atoms with E-state index in [0.717, 1.165) is 5.56 Å². The van der Waals surface area contributed by atoms with Gasteiger partial charge in [0.2, 0.25) is 0 Å². The van der Waals surface area contributed by atoms with Gasteiger partial charge in [0.1, 0.15) is 10.0 Å². The van der Waals surface area contributed by atoms with Crippen LogP contribution in [0.3, 0.4) is 0 Å². The first-order chi connectivity index (χ1) is 10.2. The molecule has 0 bridgehead atoms. The van der Waals surface area contributed by atoms with Crippen molar-refractivity contribution in [2.24, 2.45) is 0 Å². The van der Waals surface area contributed by atoms with Crippen LogP contribution in [-0.2, 0) is 10.0 Å². The molecule has 0 unspecified atom stereocenters. The molecule has 0 N–H and O–H groups in total. The molecule has 1 aromatic carbocycles. The van der Waals surface area contributed by atoms with E-state index in [1.54, 1.807) is 13.0 Å². The van der Waals surface area contributed by atoms with Crippen LogP contribution >= 0.6 is 11.6 Å². The molecule has 0 aliphatic heterocycles. The van der Waals surface area contributed by atoms with Gasteiger partial charge in [0.05, 0.1) is 5.69 Å². The highest BCUT2D eigenvalue weighted by Crippen LogP contribution is 2.27. The fourth-order valence-corrected chi connectivity index (χ4v) is 3.99. The number of nitrogens with zero attached hydrogens (tertiary/aromatic N) is 2. The van der Waals surface area contributed by atoms with E-state index in [0.29, 0.717) is 16.4 Å². The Labute approximate surface area is 136 Å². The van der Waals surface area contributed by atoms with Crippen LogP contribution in [0.2, 0.25) is 5.15 Å². The van der Waals surface area contributed by atoms with Crippen LogP contribution < -0.4 is 4.31 Å². The summed E-state index contributed by atoms with van der Waals surface area (Å²) in [4.78, 5) is 4.10. The number of sulfonamides is 1. The Kier molecular flexibility index (Phi) is 4.78. The summed E-state index contributed by atoms with van der Waals surface area (Å²) in [6.07, 6.45) is 1.30. The second-order valence-electron chi connectivity index (χ2n) is 5.51. The van der Waals surface area contributed by atoms with Crippen molar-refractivity contribution in [2.75, 3.05) is 4.31 Å². The monoisotopic (exact) mass is 338 g/mol. The first-order valence-corrected chi connectivity index (χ1v) is 8.78. The van der Waals surface area contributed by atoms with Crippen molar-refractivity contribution in [2.45, 2.75) is 38.6 Å². The maximum Gasteiger partial charge on any atom is 0.266 e. The molecule has 0 saturated carbocycles. The zero-order chi connectivity index (χ0) is 16.5. The zero-order valence-electron chi connectivity index (χ0n) is 13.0. The number of halogens is 1. The van der Waals surface area contributed by atoms with Crippen molar-refractivity contribution in [1.29, 1.82) is 0 Å². The van der Waals surface area contributed by atoms with Crippen LogP contribution in [0.25, 0.3) is 0 Å². The Morgan fingerprint density at radius 3 is 2.23 bits per heavy atom. The number of aromatic nitrogens is 1. The molecule has 0 aliphatic carbocycles. The van der Waals surface area contributed by atoms with Crippen molar-refractivity contribution < 1.29 is 8.42 Å². The summed E-state index contributed by atoms with van der Waals surface area (Å²) < 4.78 is 27.3. The maximum absolute atomic E-state index is 13.0. The molecule has 0 saturated heterocycles. The Bertz CT molecular complexity index is 771. The van der Waals surface area contributed by atoms with Gasteiger partial charge in [-0.1, -0.05) is 29.3 Å². The van der Waals surface area contributed by atoms with Crippen LogP contribution in [0, 0.1) is 13.8 Å². The van der Waals surface area contributed by atoms with Crippen molar-refractivity contribution in [3.05, 3.63) is 52.8 Å². The Morgan fingerprint density at radius 2 is 1.73 bits per heavy atom. The van der Waals surface area contributed by atoms with Gasteiger partial charge in [-0.15, -0.1) is 0 Å². The SMILES string of the molecule is Cc1ccc(N(C(C)C)S(=O)(=O)c2cnc(Cl)c(C)c2)cc1. The lowest BCUT2D eigenvalue weighted by Crippen LogP contribution is -2.37. The highest BCUT2D eigenvalue weighted by molar-refractivity contribution is 7.92. The third kappa shape index (κ3) is 3.25. The van der Waals surface area contributed by atoms with Crippen molar-refractivity contribution in [1.82, 2.24) is 4.98 Å². The summed E-state index contributed by atoms with van der Waals surface area (Å²) in [5, 5.41) is 0.311. The predicted molar refractivity (Wildman–Crippen MR) is 90.0 cm³/mol. The topological polar surface area (TPSA) is 50.3 Å². The van der Waals surface area contributed by atoms with Gasteiger partial charge in [0, 0.05) is 12.2 Å². The highest BCUT2D eigenvalue weighted by Gasteiger charge is 2.28. The van der Waals surface area contributed by atoms with Crippen LogP contribution in [0.1, 0.15) is 25.0 Å². The van der Waals surface area contributed by atoms with Crippen LogP contribution in [0.4, 0.5) is 5.69 Å². The summed E-state index contributed by atoms with van der Waals surface area (Å²) >= 11 is 5.89. The first-order valence-electron chi connectivity index (χ1n) is 6.96. The molecule has 2 rings (SSSR count). The van der Waals surface area contributed by atoms with E-state index in [9.17, 15) is 8.42 Å². The lowest BCUT2D eigenvalue weighted by molar-refractivity contribution is 0.584. The third-order valence-corrected chi connectivity index (χ3v) is 5.67. The van der Waals surface area contributed by atoms with Gasteiger partial charge in [0.15, 0.2) is 0 Å². The molecule has 4 nitrogen and oxygen atoms in total. The van der Waals surface area contributed by atoms with Gasteiger partial charge in [0.25, 0.3) is 10.0 Å². The molecule has 0 aliphatic rings. The smallest absolute Gasteiger partial charge is 0.264 e. The quantitative estimate of drug-likeness (QED) is 0.793. The largest absolute Gasteiger partial charge is 0.266 e. The molecule has 1 heterocycles. The van der Waals surface area contributed by atoms with Crippen molar-refractivity contribution >= 4 is 27.3 Å². The number of rotatable bonds is 4. The minimum Gasteiger partial charge on any atom is -0.264 e. The number of pyridine rings is 1. The van der Waals surface area contributed by atoms with Gasteiger partial charge < -0.3 is 0 Å². The molecule has 0 radical (unpaired) electrons. The first kappa shape index (κ1) is 16.8. The summed E-state index contributed by atoms with van der Waals surface area (Å²) in [6, 6.07) is 8.74. The third-order valence-electron chi connectivity index (χ3n) is 3.30. The molecular weight excluding hydrogens is 320 g/mol. The molecule has 1 aromatic heterocycles. The van der Waals surface area contributed by atoms with Gasteiger partial charge in [-0.3, -0.25) is 4.31 Å². The second kappa shape index (κ2) is 6.26. The van der Waals surface area contributed by atoms with Gasteiger partial charge >= 0.3 is 0 Å². The molecule has 22 heavy (non-hydrogen) atoms. The standard InChI is InChI=1S/C16H19ClN2O2S/c1-11(2)19(14-7-5-12(3)6-8-14)22(20,21)15-9-13(4)16(17)18-10-15/h5-11H,1-4H3. The fraction of sp³-hybridized carbons (Fsp3) is 0.312. The average Bonchev–Trinajstić information content (AvgIpc) is 2.43. The summed E-state index contributed by atoms with van der Waals surface area (Å²) in [7, 11) is -3.69. The Morgan fingerprint density at radius 1 is 1.14 bits per heavy atom. The molecule has 2 aromatic rings. The molecule has 0 fully saturated rings. The van der Waals surface area contributed by atoms with Crippen molar-refractivity contribution in [3.63, 3.8) is 0 Å². The molecule has 0 spiro atoms. The van der Waals surface area contributed by atoms with Gasteiger partial charge in [-0.25, -0.2) is 13.4 Å². The van der Waals surface area contributed by atoms with E-state index < -0.39 is 10.0 Å². The number of aryl methyl sites for hydroxylation is 2. The summed E-state index contributed by atoms with van der Waals surface area (Å²) in [6.45, 7) is 7.38. The minimum absolute atomic E-state index is 0.142. The molecule has 6 heteroatoms. The molecule has 0 atom stereocenters. The van der Waals surface area contributed by atoms with E-state index in [1.165, 1.54) is 10.5 Å². The van der Waals surface area contributed by atoms with E-state index >= 15 is 0 Å². The van der Waals surface area contributed by atoms with E-state index in [2.05, 4.69) is 4.98 Å². The number of hydrogen-bond donors (Lipinski definition) is 0. The maximum atomic E-state index is 13.0. The lowest BCUT2D eigenvalue weighted by Gasteiger charge is -2.28. The molecule has 0 amide bonds. The number of anilines is 1. The molecule has 118 valence electrons.